The van der Waals surface area contributed by atoms with Crippen LogP contribution < -0.4 is 10.0 Å². The van der Waals surface area contributed by atoms with Gasteiger partial charge < -0.3 is 10.1 Å². The standard InChI is InChI=1S/C21H19ClN2O5S2/c1-29-21(26)16-9-14(13-23-19(25)12-15-5-2-3-6-18(15)22)10-17(11-16)24-31(27,28)20-7-4-8-30-20/h2-11,24H,12-13H2,1H3,(H,23,25). The van der Waals surface area contributed by atoms with Gasteiger partial charge in [0.25, 0.3) is 10.0 Å². The van der Waals surface area contributed by atoms with Gasteiger partial charge in [-0.2, -0.15) is 0 Å². The molecule has 10 heteroatoms. The van der Waals surface area contributed by atoms with Crippen LogP contribution in [-0.2, 0) is 32.5 Å². The number of esters is 1. The monoisotopic (exact) mass is 478 g/mol. The second-order valence-corrected chi connectivity index (χ2v) is 9.76. The first-order valence-corrected chi connectivity index (χ1v) is 11.8. The van der Waals surface area contributed by atoms with Crippen LogP contribution in [0.5, 0.6) is 0 Å². The summed E-state index contributed by atoms with van der Waals surface area (Å²) in [6.07, 6.45) is 0.0915. The van der Waals surface area contributed by atoms with Crippen molar-refractivity contribution in [1.82, 2.24) is 5.32 Å². The van der Waals surface area contributed by atoms with E-state index in [-0.39, 0.29) is 34.3 Å². The van der Waals surface area contributed by atoms with Crippen molar-refractivity contribution in [2.24, 2.45) is 0 Å². The third kappa shape index (κ3) is 6.06. The zero-order chi connectivity index (χ0) is 22.4. The number of thiophene rings is 1. The third-order valence-electron chi connectivity index (χ3n) is 4.22. The van der Waals surface area contributed by atoms with Crippen LogP contribution in [0, 0.1) is 0 Å². The van der Waals surface area contributed by atoms with Crippen LogP contribution in [0.1, 0.15) is 21.5 Å². The maximum atomic E-state index is 12.5. The summed E-state index contributed by atoms with van der Waals surface area (Å²) >= 11 is 7.16. The zero-order valence-electron chi connectivity index (χ0n) is 16.4. The highest BCUT2D eigenvalue weighted by molar-refractivity contribution is 7.94. The summed E-state index contributed by atoms with van der Waals surface area (Å²) in [6.45, 7) is 0.0852. The summed E-state index contributed by atoms with van der Waals surface area (Å²) in [5, 5.41) is 4.90. The fraction of sp³-hybridized carbons (Fsp3) is 0.143. The number of halogens is 1. The topological polar surface area (TPSA) is 102 Å². The maximum Gasteiger partial charge on any atom is 0.337 e. The normalized spacial score (nSPS) is 11.0. The zero-order valence-corrected chi connectivity index (χ0v) is 18.8. The first-order chi connectivity index (χ1) is 14.8. The number of hydrogen-bond acceptors (Lipinski definition) is 6. The van der Waals surface area contributed by atoms with Gasteiger partial charge in [-0.05, 0) is 46.8 Å². The molecule has 0 aliphatic heterocycles. The number of methoxy groups -OCH3 is 1. The molecule has 0 bridgehead atoms. The second kappa shape index (κ2) is 9.95. The molecule has 0 atom stereocenters. The molecule has 1 aromatic heterocycles. The van der Waals surface area contributed by atoms with Crippen LogP contribution in [0.15, 0.2) is 64.2 Å². The van der Waals surface area contributed by atoms with Crippen molar-refractivity contribution in [2.45, 2.75) is 17.2 Å². The smallest absolute Gasteiger partial charge is 0.337 e. The number of anilines is 1. The number of nitrogens with one attached hydrogen (secondary N) is 2. The lowest BCUT2D eigenvalue weighted by atomic mass is 10.1. The predicted molar refractivity (Wildman–Crippen MR) is 120 cm³/mol. The van der Waals surface area contributed by atoms with Gasteiger partial charge in [-0.25, -0.2) is 13.2 Å². The molecule has 1 amide bonds. The highest BCUT2D eigenvalue weighted by Gasteiger charge is 2.17. The minimum atomic E-state index is -3.80. The van der Waals surface area contributed by atoms with Crippen molar-refractivity contribution in [2.75, 3.05) is 11.8 Å². The molecule has 0 fully saturated rings. The van der Waals surface area contributed by atoms with Gasteiger partial charge in [0.1, 0.15) is 4.21 Å². The first-order valence-electron chi connectivity index (χ1n) is 9.07. The van der Waals surface area contributed by atoms with Crippen LogP contribution in [0.2, 0.25) is 5.02 Å². The van der Waals surface area contributed by atoms with E-state index in [4.69, 9.17) is 16.3 Å². The molecule has 2 aromatic carbocycles. The van der Waals surface area contributed by atoms with Gasteiger partial charge in [0.15, 0.2) is 0 Å². The molecule has 0 radical (unpaired) electrons. The number of ether oxygens (including phenoxy) is 1. The average molecular weight is 479 g/mol. The Morgan fingerprint density at radius 3 is 2.55 bits per heavy atom. The Morgan fingerprint density at radius 2 is 1.87 bits per heavy atom. The molecule has 0 aliphatic carbocycles. The van der Waals surface area contributed by atoms with E-state index in [1.807, 2.05) is 0 Å². The molecule has 0 unspecified atom stereocenters. The van der Waals surface area contributed by atoms with Crippen LogP contribution in [0.3, 0.4) is 0 Å². The van der Waals surface area contributed by atoms with E-state index in [1.165, 1.54) is 25.3 Å². The Hall–Kier alpha value is -2.88. The quantitative estimate of drug-likeness (QED) is 0.479. The Kier molecular flexibility index (Phi) is 7.32. The van der Waals surface area contributed by atoms with Gasteiger partial charge >= 0.3 is 5.97 Å². The van der Waals surface area contributed by atoms with Crippen molar-refractivity contribution < 1.29 is 22.7 Å². The highest BCUT2D eigenvalue weighted by Crippen LogP contribution is 2.23. The number of amides is 1. The molecule has 162 valence electrons. The summed E-state index contributed by atoms with van der Waals surface area (Å²) in [7, 11) is -2.57. The van der Waals surface area contributed by atoms with Crippen LogP contribution >= 0.6 is 22.9 Å². The number of sulfonamides is 1. The van der Waals surface area contributed by atoms with E-state index >= 15 is 0 Å². The largest absolute Gasteiger partial charge is 0.465 e. The van der Waals surface area contributed by atoms with E-state index in [2.05, 4.69) is 10.0 Å². The van der Waals surface area contributed by atoms with Crippen LogP contribution in [0.4, 0.5) is 5.69 Å². The van der Waals surface area contributed by atoms with Gasteiger partial charge in [0.05, 0.1) is 24.8 Å². The molecule has 1 heterocycles. The maximum absolute atomic E-state index is 12.5. The minimum Gasteiger partial charge on any atom is -0.465 e. The molecule has 0 aliphatic rings. The van der Waals surface area contributed by atoms with Crippen molar-refractivity contribution in [3.05, 3.63) is 81.7 Å². The molecule has 0 spiro atoms. The van der Waals surface area contributed by atoms with E-state index in [9.17, 15) is 18.0 Å². The summed E-state index contributed by atoms with van der Waals surface area (Å²) in [6, 6.07) is 14.6. The lowest BCUT2D eigenvalue weighted by Crippen LogP contribution is -2.25. The number of rotatable bonds is 8. The lowest BCUT2D eigenvalue weighted by Gasteiger charge is -2.12. The van der Waals surface area contributed by atoms with Crippen LogP contribution in [-0.4, -0.2) is 27.4 Å². The van der Waals surface area contributed by atoms with Crippen molar-refractivity contribution in [3.8, 4) is 0 Å². The average Bonchev–Trinajstić information content (AvgIpc) is 3.29. The molecule has 2 N–H and O–H groups in total. The Labute approximate surface area is 189 Å². The first kappa shape index (κ1) is 22.8. The summed E-state index contributed by atoms with van der Waals surface area (Å²) in [5.41, 5.74) is 1.56. The summed E-state index contributed by atoms with van der Waals surface area (Å²) < 4.78 is 32.4. The van der Waals surface area contributed by atoms with Crippen molar-refractivity contribution in [3.63, 3.8) is 0 Å². The van der Waals surface area contributed by atoms with E-state index in [0.29, 0.717) is 16.1 Å². The molecule has 3 rings (SSSR count). The van der Waals surface area contributed by atoms with Gasteiger partial charge in [0.2, 0.25) is 5.91 Å². The minimum absolute atomic E-state index is 0.0852. The molecule has 31 heavy (non-hydrogen) atoms. The molecule has 3 aromatic rings. The van der Waals surface area contributed by atoms with Crippen molar-refractivity contribution >= 4 is 50.5 Å². The van der Waals surface area contributed by atoms with Gasteiger partial charge in [-0.3, -0.25) is 9.52 Å². The van der Waals surface area contributed by atoms with Crippen LogP contribution in [0.25, 0.3) is 0 Å². The number of carbonyl (C=O) groups excluding carboxylic acids is 2. The highest BCUT2D eigenvalue weighted by atomic mass is 35.5. The summed E-state index contributed by atoms with van der Waals surface area (Å²) in [5.74, 6) is -0.891. The molecule has 0 saturated carbocycles. The number of benzene rings is 2. The number of hydrogen-bond donors (Lipinski definition) is 2. The Balaban J connectivity index is 1.78. The number of carbonyl (C=O) groups is 2. The fourth-order valence-corrected chi connectivity index (χ4v) is 5.02. The van der Waals surface area contributed by atoms with Crippen molar-refractivity contribution in [1.29, 1.82) is 0 Å². The molecular formula is C21H19ClN2O5S2. The van der Waals surface area contributed by atoms with Gasteiger partial charge in [-0.15, -0.1) is 11.3 Å². The Morgan fingerprint density at radius 1 is 1.10 bits per heavy atom. The third-order valence-corrected chi connectivity index (χ3v) is 7.37. The Bertz CT molecular complexity index is 1190. The fourth-order valence-electron chi connectivity index (χ4n) is 2.79. The molecule has 0 saturated heterocycles. The van der Waals surface area contributed by atoms with E-state index in [1.54, 1.807) is 41.8 Å². The van der Waals surface area contributed by atoms with E-state index < -0.39 is 16.0 Å². The molecular weight excluding hydrogens is 460 g/mol. The van der Waals surface area contributed by atoms with Gasteiger partial charge in [0, 0.05) is 11.6 Å². The lowest BCUT2D eigenvalue weighted by molar-refractivity contribution is -0.120. The molecule has 7 nitrogen and oxygen atoms in total. The van der Waals surface area contributed by atoms with E-state index in [0.717, 1.165) is 11.3 Å². The second-order valence-electron chi connectivity index (χ2n) is 6.49. The SMILES string of the molecule is COC(=O)c1cc(CNC(=O)Cc2ccccc2Cl)cc(NS(=O)(=O)c2cccs2)c1. The predicted octanol–water partition coefficient (Wildman–Crippen LogP) is 3.85. The van der Waals surface area contributed by atoms with Gasteiger partial charge in [-0.1, -0.05) is 35.9 Å². The summed E-state index contributed by atoms with van der Waals surface area (Å²) in [4.78, 5) is 24.3.